The molecule has 1 aliphatic rings. The molecule has 1 aliphatic carbocycles. The van der Waals surface area contributed by atoms with Crippen LogP contribution >= 0.6 is 0 Å². The van der Waals surface area contributed by atoms with Gasteiger partial charge in [0.2, 0.25) is 0 Å². The topological polar surface area (TPSA) is 115 Å². The van der Waals surface area contributed by atoms with Crippen LogP contribution < -0.4 is 10.9 Å². The Morgan fingerprint density at radius 2 is 1.89 bits per heavy atom. The molecule has 27 heavy (non-hydrogen) atoms. The van der Waals surface area contributed by atoms with E-state index in [0.717, 1.165) is 52.8 Å². The Morgan fingerprint density at radius 3 is 2.63 bits per heavy atom. The molecule has 1 saturated carbocycles. The first-order chi connectivity index (χ1) is 13.0. The summed E-state index contributed by atoms with van der Waals surface area (Å²) in [6.07, 6.45) is 1.97. The van der Waals surface area contributed by atoms with Crippen molar-refractivity contribution >= 4 is 22.5 Å². The molecule has 1 fully saturated rings. The van der Waals surface area contributed by atoms with Crippen molar-refractivity contribution in [2.75, 3.05) is 5.32 Å². The Morgan fingerprint density at radius 1 is 1.04 bits per heavy atom. The Kier molecular flexibility index (Phi) is 3.24. The molecule has 3 aromatic heterocycles. The minimum absolute atomic E-state index is 0.103. The smallest absolute Gasteiger partial charge is 0.271 e. The third-order valence-corrected chi connectivity index (χ3v) is 5.12. The molecule has 8 nitrogen and oxygen atoms in total. The van der Waals surface area contributed by atoms with Crippen molar-refractivity contribution in [1.29, 1.82) is 0 Å². The third-order valence-electron chi connectivity index (χ3n) is 5.12. The van der Waals surface area contributed by atoms with Crippen molar-refractivity contribution in [2.45, 2.75) is 32.1 Å². The number of benzene rings is 1. The molecule has 0 spiro atoms. The monoisotopic (exact) mass is 361 g/mol. The van der Waals surface area contributed by atoms with E-state index in [2.05, 4.69) is 25.7 Å². The summed E-state index contributed by atoms with van der Waals surface area (Å²) in [5.41, 5.74) is 3.51. The molecular weight excluding hydrogens is 342 g/mol. The van der Waals surface area contributed by atoms with E-state index in [1.165, 1.54) is 0 Å². The molecule has 0 radical (unpaired) electrons. The van der Waals surface area contributed by atoms with E-state index >= 15 is 0 Å². The predicted octanol–water partition coefficient (Wildman–Crippen LogP) is 2.81. The van der Waals surface area contributed by atoms with Gasteiger partial charge < -0.3 is 5.32 Å². The van der Waals surface area contributed by atoms with Crippen molar-refractivity contribution in [1.82, 2.24) is 30.4 Å². The minimum Gasteiger partial charge on any atom is -0.323 e. The highest BCUT2D eigenvalue weighted by atomic mass is 16.1. The number of aromatic amines is 3. The zero-order valence-electron chi connectivity index (χ0n) is 15.1. The predicted molar refractivity (Wildman–Crippen MR) is 102 cm³/mol. The summed E-state index contributed by atoms with van der Waals surface area (Å²) in [4.78, 5) is 21.3. The molecule has 0 atom stereocenters. The number of rotatable bonds is 4. The maximum Gasteiger partial charge on any atom is 0.271 e. The molecule has 8 heteroatoms. The Balaban J connectivity index is 1.55. The molecule has 0 amide bonds. The standard InChI is InChI=1S/C19H19N7O/c1-10-7-15(21-16-8-11(2)23-25-16)22-18(20-10)19(5-6-19)12-3-4-13-14(9-12)24-26-17(13)27/h3-4,7-9H,5-6H2,1-2H3,(H2,24,26,27)(H2,20,21,22,23,25). The lowest BCUT2D eigenvalue weighted by atomic mass is 9.94. The largest absolute Gasteiger partial charge is 0.323 e. The van der Waals surface area contributed by atoms with Crippen molar-refractivity contribution in [3.63, 3.8) is 0 Å². The average Bonchev–Trinajstić information content (AvgIpc) is 3.25. The lowest BCUT2D eigenvalue weighted by molar-refractivity contribution is 0.750. The fraction of sp³-hybridized carbons (Fsp3) is 0.263. The van der Waals surface area contributed by atoms with Gasteiger partial charge >= 0.3 is 0 Å². The molecule has 4 aromatic rings. The molecule has 3 heterocycles. The van der Waals surface area contributed by atoms with Gasteiger partial charge in [0, 0.05) is 23.5 Å². The highest BCUT2D eigenvalue weighted by Gasteiger charge is 2.49. The van der Waals surface area contributed by atoms with E-state index in [1.807, 2.05) is 44.2 Å². The second-order valence-electron chi connectivity index (χ2n) is 7.20. The van der Waals surface area contributed by atoms with E-state index in [0.29, 0.717) is 5.39 Å². The third kappa shape index (κ3) is 2.61. The summed E-state index contributed by atoms with van der Waals surface area (Å²) < 4.78 is 0. The van der Waals surface area contributed by atoms with Gasteiger partial charge in [-0.25, -0.2) is 9.97 Å². The first kappa shape index (κ1) is 15.8. The van der Waals surface area contributed by atoms with E-state index in [4.69, 9.17) is 9.97 Å². The fourth-order valence-electron chi connectivity index (χ4n) is 3.56. The van der Waals surface area contributed by atoms with Crippen LogP contribution in [0, 0.1) is 13.8 Å². The van der Waals surface area contributed by atoms with E-state index in [-0.39, 0.29) is 11.0 Å². The van der Waals surface area contributed by atoms with Gasteiger partial charge in [0.25, 0.3) is 5.56 Å². The van der Waals surface area contributed by atoms with Crippen LogP contribution in [0.15, 0.2) is 35.1 Å². The van der Waals surface area contributed by atoms with Gasteiger partial charge in [0.1, 0.15) is 11.6 Å². The Labute approximate surface area is 154 Å². The molecule has 0 unspecified atom stereocenters. The Hall–Kier alpha value is -3.42. The quantitative estimate of drug-likeness (QED) is 0.446. The number of hydrogen-bond acceptors (Lipinski definition) is 5. The van der Waals surface area contributed by atoms with Gasteiger partial charge in [-0.3, -0.25) is 20.1 Å². The van der Waals surface area contributed by atoms with Crippen molar-refractivity contribution in [3.05, 3.63) is 63.5 Å². The van der Waals surface area contributed by atoms with Gasteiger partial charge in [-0.05, 0) is 44.4 Å². The van der Waals surface area contributed by atoms with Crippen LogP contribution in [0.4, 0.5) is 11.6 Å². The number of anilines is 2. The summed E-state index contributed by atoms with van der Waals surface area (Å²) in [5, 5.41) is 16.6. The van der Waals surface area contributed by atoms with Gasteiger partial charge in [-0.1, -0.05) is 6.07 Å². The van der Waals surface area contributed by atoms with E-state index in [1.54, 1.807) is 0 Å². The molecule has 4 N–H and O–H groups in total. The van der Waals surface area contributed by atoms with Gasteiger partial charge in [-0.2, -0.15) is 5.10 Å². The summed E-state index contributed by atoms with van der Waals surface area (Å²) in [6.45, 7) is 3.92. The maximum atomic E-state index is 11.8. The lowest BCUT2D eigenvalue weighted by Crippen LogP contribution is -2.15. The lowest BCUT2D eigenvalue weighted by Gasteiger charge is -2.16. The molecule has 136 valence electrons. The normalized spacial score (nSPS) is 15.2. The highest BCUT2D eigenvalue weighted by Crippen LogP contribution is 2.52. The zero-order valence-corrected chi connectivity index (χ0v) is 15.1. The number of aryl methyl sites for hydroxylation is 2. The van der Waals surface area contributed by atoms with E-state index in [9.17, 15) is 4.79 Å². The van der Waals surface area contributed by atoms with Crippen LogP contribution in [0.3, 0.4) is 0 Å². The van der Waals surface area contributed by atoms with Crippen molar-refractivity contribution in [2.24, 2.45) is 0 Å². The molecule has 5 rings (SSSR count). The average molecular weight is 361 g/mol. The van der Waals surface area contributed by atoms with Crippen molar-refractivity contribution in [3.8, 4) is 0 Å². The number of H-pyrrole nitrogens is 3. The van der Waals surface area contributed by atoms with Crippen LogP contribution in [-0.2, 0) is 5.41 Å². The highest BCUT2D eigenvalue weighted by molar-refractivity contribution is 5.79. The molecule has 0 aliphatic heterocycles. The van der Waals surface area contributed by atoms with Gasteiger partial charge in [-0.15, -0.1) is 0 Å². The summed E-state index contributed by atoms with van der Waals surface area (Å²) in [5.74, 6) is 2.26. The number of hydrogen-bond donors (Lipinski definition) is 4. The minimum atomic E-state index is -0.202. The van der Waals surface area contributed by atoms with Crippen LogP contribution in [-0.4, -0.2) is 30.4 Å². The maximum absolute atomic E-state index is 11.8. The summed E-state index contributed by atoms with van der Waals surface area (Å²) >= 11 is 0. The van der Waals surface area contributed by atoms with Crippen molar-refractivity contribution < 1.29 is 0 Å². The van der Waals surface area contributed by atoms with Crippen LogP contribution in [0.25, 0.3) is 10.9 Å². The molecule has 0 bridgehead atoms. The number of fused-ring (bicyclic) bond motifs is 1. The number of aromatic nitrogens is 6. The number of nitrogens with one attached hydrogen (secondary N) is 4. The van der Waals surface area contributed by atoms with E-state index < -0.39 is 0 Å². The summed E-state index contributed by atoms with van der Waals surface area (Å²) in [6, 6.07) is 9.74. The first-order valence-corrected chi connectivity index (χ1v) is 8.90. The molecular formula is C19H19N7O. The van der Waals surface area contributed by atoms with Crippen LogP contribution in [0.5, 0.6) is 0 Å². The second-order valence-corrected chi connectivity index (χ2v) is 7.20. The second kappa shape index (κ2) is 5.54. The Bertz CT molecular complexity index is 1210. The van der Waals surface area contributed by atoms with Gasteiger partial charge in [0.15, 0.2) is 5.82 Å². The number of nitrogens with zero attached hydrogens (tertiary/aromatic N) is 3. The van der Waals surface area contributed by atoms with Crippen LogP contribution in [0.2, 0.25) is 0 Å². The fourth-order valence-corrected chi connectivity index (χ4v) is 3.56. The zero-order chi connectivity index (χ0) is 18.6. The molecule has 1 aromatic carbocycles. The first-order valence-electron chi connectivity index (χ1n) is 8.90. The van der Waals surface area contributed by atoms with Gasteiger partial charge in [0.05, 0.1) is 16.3 Å². The SMILES string of the molecule is Cc1cc(Nc2cc(C)[nH]n2)nc(C2(c3ccc4c(=O)[nH][nH]c4c3)CC2)n1. The summed E-state index contributed by atoms with van der Waals surface area (Å²) in [7, 11) is 0. The molecule has 0 saturated heterocycles. The van der Waals surface area contributed by atoms with Crippen LogP contribution in [0.1, 0.15) is 35.6 Å².